The third kappa shape index (κ3) is 4.63. The van der Waals surface area contributed by atoms with E-state index in [0.717, 1.165) is 34.9 Å². The maximum Gasteiger partial charge on any atom is 0.244 e. The van der Waals surface area contributed by atoms with E-state index in [1.54, 1.807) is 16.4 Å². The van der Waals surface area contributed by atoms with Crippen molar-refractivity contribution in [2.75, 3.05) is 18.4 Å². The molecule has 0 bridgehead atoms. The first kappa shape index (κ1) is 18.9. The van der Waals surface area contributed by atoms with Crippen LogP contribution in [0, 0.1) is 0 Å². The van der Waals surface area contributed by atoms with Gasteiger partial charge < -0.3 is 5.32 Å². The molecule has 138 valence electrons. The summed E-state index contributed by atoms with van der Waals surface area (Å²) < 4.78 is 26.8. The van der Waals surface area contributed by atoms with E-state index in [1.165, 1.54) is 24.9 Å². The fourth-order valence-corrected chi connectivity index (χ4v) is 4.98. The number of carbonyl (C=O) groups excluding carboxylic acids is 1. The molecule has 26 heavy (non-hydrogen) atoms. The Morgan fingerprint density at radius 3 is 2.35 bits per heavy atom. The molecule has 8 heteroatoms. The number of pyridine rings is 1. The van der Waals surface area contributed by atoms with Gasteiger partial charge in [0.2, 0.25) is 15.9 Å². The van der Waals surface area contributed by atoms with Gasteiger partial charge in [-0.1, -0.05) is 18.2 Å². The molecule has 0 radical (unpaired) electrons. The lowest BCUT2D eigenvalue weighted by Crippen LogP contribution is -2.35. The summed E-state index contributed by atoms with van der Waals surface area (Å²) in [5.74, 6) is -0.113. The molecule has 0 spiro atoms. The molecule has 0 atom stereocenters. The van der Waals surface area contributed by atoms with E-state index in [-0.39, 0.29) is 10.8 Å². The van der Waals surface area contributed by atoms with Gasteiger partial charge in [0, 0.05) is 36.8 Å². The number of aromatic nitrogens is 1. The average Bonchev–Trinajstić information content (AvgIpc) is 2.64. The van der Waals surface area contributed by atoms with Gasteiger partial charge in [-0.2, -0.15) is 4.31 Å². The lowest BCUT2D eigenvalue weighted by molar-refractivity contribution is -0.114. The minimum Gasteiger partial charge on any atom is -0.326 e. The van der Waals surface area contributed by atoms with Gasteiger partial charge in [0.05, 0.1) is 0 Å². The highest BCUT2D eigenvalue weighted by molar-refractivity contribution is 7.99. The monoisotopic (exact) mass is 391 g/mol. The van der Waals surface area contributed by atoms with Crippen molar-refractivity contribution >= 4 is 33.4 Å². The molecule has 1 saturated heterocycles. The van der Waals surface area contributed by atoms with E-state index in [0.29, 0.717) is 13.1 Å². The Morgan fingerprint density at radius 1 is 1.08 bits per heavy atom. The van der Waals surface area contributed by atoms with Gasteiger partial charge in [-0.05, 0) is 49.2 Å². The average molecular weight is 392 g/mol. The van der Waals surface area contributed by atoms with Crippen LogP contribution in [0.5, 0.6) is 0 Å². The van der Waals surface area contributed by atoms with Crippen LogP contribution in [0.4, 0.5) is 5.69 Å². The van der Waals surface area contributed by atoms with E-state index >= 15 is 0 Å². The summed E-state index contributed by atoms with van der Waals surface area (Å²) in [5.41, 5.74) is 0.734. The maximum atomic E-state index is 12.6. The highest BCUT2D eigenvalue weighted by Crippen LogP contribution is 2.28. The fourth-order valence-electron chi connectivity index (χ4n) is 2.76. The number of hydrogen-bond donors (Lipinski definition) is 1. The quantitative estimate of drug-likeness (QED) is 0.845. The molecule has 0 saturated carbocycles. The predicted molar refractivity (Wildman–Crippen MR) is 102 cm³/mol. The topological polar surface area (TPSA) is 79.4 Å². The molecule has 2 heterocycles. The first-order valence-electron chi connectivity index (χ1n) is 8.47. The van der Waals surface area contributed by atoms with E-state index in [4.69, 9.17) is 0 Å². The van der Waals surface area contributed by atoms with Crippen molar-refractivity contribution in [3.05, 3.63) is 42.6 Å². The molecule has 1 aliphatic rings. The molecular formula is C18H21N3O3S2. The zero-order valence-corrected chi connectivity index (χ0v) is 16.1. The summed E-state index contributed by atoms with van der Waals surface area (Å²) in [7, 11) is -3.45. The molecule has 2 aromatic rings. The molecule has 1 aromatic carbocycles. The van der Waals surface area contributed by atoms with Crippen LogP contribution in [0.1, 0.15) is 26.2 Å². The molecule has 1 N–H and O–H groups in total. The Morgan fingerprint density at radius 2 is 1.77 bits per heavy atom. The Bertz CT molecular complexity index is 860. The second-order valence-corrected chi connectivity index (χ2v) is 9.14. The van der Waals surface area contributed by atoms with Gasteiger partial charge in [-0.3, -0.25) is 4.79 Å². The zero-order valence-electron chi connectivity index (χ0n) is 14.5. The lowest BCUT2D eigenvalue weighted by Gasteiger charge is -2.25. The molecule has 3 rings (SSSR count). The Labute approximate surface area is 158 Å². The molecule has 1 aliphatic heterocycles. The molecule has 0 aliphatic carbocycles. The standard InChI is InChI=1S/C18H21N3O3S2/c1-14(22)20-15-5-7-16(8-6-15)25-18-10-9-17(13-19-18)26(23,24)21-11-3-2-4-12-21/h5-10,13H,2-4,11-12H2,1H3,(H,20,22). The number of sulfonamides is 1. The van der Waals surface area contributed by atoms with Gasteiger partial charge in [0.1, 0.15) is 9.92 Å². The Hall–Kier alpha value is -1.90. The molecule has 1 fully saturated rings. The van der Waals surface area contributed by atoms with Gasteiger partial charge in [0.25, 0.3) is 0 Å². The summed E-state index contributed by atoms with van der Waals surface area (Å²) in [4.78, 5) is 16.5. The van der Waals surface area contributed by atoms with Crippen molar-refractivity contribution < 1.29 is 13.2 Å². The van der Waals surface area contributed by atoms with Gasteiger partial charge in [-0.15, -0.1) is 0 Å². The van der Waals surface area contributed by atoms with Crippen LogP contribution in [0.15, 0.2) is 57.4 Å². The smallest absolute Gasteiger partial charge is 0.244 e. The summed E-state index contributed by atoms with van der Waals surface area (Å²) in [6.45, 7) is 2.63. The van der Waals surface area contributed by atoms with Crippen molar-refractivity contribution in [3.8, 4) is 0 Å². The summed E-state index contributed by atoms with van der Waals surface area (Å²) >= 11 is 1.44. The number of nitrogens with one attached hydrogen (secondary N) is 1. The van der Waals surface area contributed by atoms with Crippen LogP contribution in [0.25, 0.3) is 0 Å². The van der Waals surface area contributed by atoms with Gasteiger partial charge >= 0.3 is 0 Å². The number of amides is 1. The van der Waals surface area contributed by atoms with Crippen LogP contribution in [0.3, 0.4) is 0 Å². The second kappa shape index (κ2) is 8.20. The van der Waals surface area contributed by atoms with Crippen LogP contribution in [0.2, 0.25) is 0 Å². The number of nitrogens with zero attached hydrogens (tertiary/aromatic N) is 2. The van der Waals surface area contributed by atoms with Crippen LogP contribution < -0.4 is 5.32 Å². The number of carbonyl (C=O) groups is 1. The maximum absolute atomic E-state index is 12.6. The van der Waals surface area contributed by atoms with Crippen molar-refractivity contribution in [2.45, 2.75) is 41.0 Å². The first-order valence-corrected chi connectivity index (χ1v) is 10.7. The highest BCUT2D eigenvalue weighted by Gasteiger charge is 2.26. The number of anilines is 1. The molecular weight excluding hydrogens is 370 g/mol. The second-order valence-electron chi connectivity index (χ2n) is 6.10. The number of piperidine rings is 1. The van der Waals surface area contributed by atoms with Crippen LogP contribution in [-0.4, -0.2) is 36.7 Å². The predicted octanol–water partition coefficient (Wildman–Crippen LogP) is 3.37. The molecule has 6 nitrogen and oxygen atoms in total. The van der Waals surface area contributed by atoms with E-state index in [2.05, 4.69) is 10.3 Å². The largest absolute Gasteiger partial charge is 0.326 e. The summed E-state index contributed by atoms with van der Waals surface area (Å²) in [6.07, 6.45) is 4.34. The van der Waals surface area contributed by atoms with Gasteiger partial charge in [-0.25, -0.2) is 13.4 Å². The summed E-state index contributed by atoms with van der Waals surface area (Å²) in [6, 6.07) is 10.7. The zero-order chi connectivity index (χ0) is 18.6. The number of hydrogen-bond acceptors (Lipinski definition) is 5. The third-order valence-electron chi connectivity index (χ3n) is 4.06. The fraction of sp³-hybridized carbons (Fsp3) is 0.333. The minimum atomic E-state index is -3.45. The van der Waals surface area contributed by atoms with Gasteiger partial charge in [0.15, 0.2) is 0 Å². The highest BCUT2D eigenvalue weighted by atomic mass is 32.2. The van der Waals surface area contributed by atoms with Crippen LogP contribution in [-0.2, 0) is 14.8 Å². The number of benzene rings is 1. The van der Waals surface area contributed by atoms with E-state index < -0.39 is 10.0 Å². The SMILES string of the molecule is CC(=O)Nc1ccc(Sc2ccc(S(=O)(=O)N3CCCCC3)cn2)cc1. The molecule has 0 unspecified atom stereocenters. The summed E-state index contributed by atoms with van der Waals surface area (Å²) in [5, 5.41) is 3.43. The Kier molecular flexibility index (Phi) is 5.95. The number of rotatable bonds is 5. The van der Waals surface area contributed by atoms with Crippen molar-refractivity contribution in [1.29, 1.82) is 0 Å². The molecule has 1 aromatic heterocycles. The Balaban J connectivity index is 1.68. The third-order valence-corrected chi connectivity index (χ3v) is 6.90. The van der Waals surface area contributed by atoms with E-state index in [9.17, 15) is 13.2 Å². The van der Waals surface area contributed by atoms with Crippen molar-refractivity contribution in [2.24, 2.45) is 0 Å². The van der Waals surface area contributed by atoms with E-state index in [1.807, 2.05) is 24.3 Å². The molecule has 1 amide bonds. The first-order chi connectivity index (χ1) is 12.4. The van der Waals surface area contributed by atoms with Crippen LogP contribution >= 0.6 is 11.8 Å². The van der Waals surface area contributed by atoms with Crippen molar-refractivity contribution in [3.63, 3.8) is 0 Å². The van der Waals surface area contributed by atoms with Crippen molar-refractivity contribution in [1.82, 2.24) is 9.29 Å². The lowest BCUT2D eigenvalue weighted by atomic mass is 10.2. The minimum absolute atomic E-state index is 0.113. The normalized spacial score (nSPS) is 15.6.